The molecule has 0 radical (unpaired) electrons. The van der Waals surface area contributed by atoms with E-state index in [9.17, 15) is 14.4 Å². The molecule has 8 heteroatoms. The van der Waals surface area contributed by atoms with Crippen LogP contribution in [0.3, 0.4) is 0 Å². The number of primary amides is 1. The zero-order valence-corrected chi connectivity index (χ0v) is 16.2. The Kier molecular flexibility index (Phi) is 6.33. The first kappa shape index (κ1) is 20.2. The number of carbonyl (C=O) groups excluding carboxylic acids is 3. The molecule has 0 unspecified atom stereocenters. The summed E-state index contributed by atoms with van der Waals surface area (Å²) in [5, 5.41) is 5.62. The van der Waals surface area contributed by atoms with Crippen molar-refractivity contribution in [2.45, 2.75) is 19.4 Å². The van der Waals surface area contributed by atoms with Crippen LogP contribution in [0.2, 0.25) is 0 Å². The second kappa shape index (κ2) is 9.09. The van der Waals surface area contributed by atoms with Crippen LogP contribution in [0.5, 0.6) is 5.75 Å². The third-order valence-corrected chi connectivity index (χ3v) is 4.49. The van der Waals surface area contributed by atoms with Crippen molar-refractivity contribution < 1.29 is 19.1 Å². The Morgan fingerprint density at radius 2 is 1.86 bits per heavy atom. The minimum atomic E-state index is -0.695. The van der Waals surface area contributed by atoms with E-state index in [0.717, 1.165) is 12.1 Å². The van der Waals surface area contributed by atoms with Crippen molar-refractivity contribution in [1.29, 1.82) is 0 Å². The fourth-order valence-corrected chi connectivity index (χ4v) is 3.05. The second-order valence-electron chi connectivity index (χ2n) is 6.74. The average molecular weight is 396 g/mol. The van der Waals surface area contributed by atoms with Gasteiger partial charge in [0.05, 0.1) is 18.8 Å². The van der Waals surface area contributed by atoms with Crippen LogP contribution in [0, 0.1) is 0 Å². The van der Waals surface area contributed by atoms with Crippen LogP contribution in [0.15, 0.2) is 48.5 Å². The van der Waals surface area contributed by atoms with Crippen molar-refractivity contribution in [1.82, 2.24) is 5.32 Å². The van der Waals surface area contributed by atoms with Gasteiger partial charge in [0.2, 0.25) is 11.8 Å². The van der Waals surface area contributed by atoms with E-state index in [1.165, 1.54) is 0 Å². The first-order valence-corrected chi connectivity index (χ1v) is 9.46. The Bertz CT molecular complexity index is 898. The Morgan fingerprint density at radius 1 is 1.14 bits per heavy atom. The molecule has 0 bridgehead atoms. The number of amides is 3. The number of nitrogens with two attached hydrogens (primary N) is 1. The number of benzene rings is 2. The quantitative estimate of drug-likeness (QED) is 0.657. The molecule has 1 heterocycles. The zero-order chi connectivity index (χ0) is 20.8. The highest BCUT2D eigenvalue weighted by molar-refractivity contribution is 5.96. The summed E-state index contributed by atoms with van der Waals surface area (Å²) in [6.45, 7) is 2.86. The van der Waals surface area contributed by atoms with Crippen LogP contribution in [0.1, 0.15) is 23.7 Å². The maximum absolute atomic E-state index is 12.6. The molecule has 1 aliphatic heterocycles. The fourth-order valence-electron chi connectivity index (χ4n) is 3.05. The van der Waals surface area contributed by atoms with Gasteiger partial charge in [-0.1, -0.05) is 19.1 Å². The molecule has 0 spiro atoms. The lowest BCUT2D eigenvalue weighted by Crippen LogP contribution is -2.50. The largest absolute Gasteiger partial charge is 0.477 e. The highest BCUT2D eigenvalue weighted by Crippen LogP contribution is 2.33. The van der Waals surface area contributed by atoms with Gasteiger partial charge in [-0.2, -0.15) is 0 Å². The molecule has 1 atom stereocenters. The number of nitrogens with one attached hydrogen (secondary N) is 2. The molecule has 0 saturated heterocycles. The topological polar surface area (TPSA) is 114 Å². The predicted molar refractivity (Wildman–Crippen MR) is 110 cm³/mol. The van der Waals surface area contributed by atoms with E-state index in [1.54, 1.807) is 30.3 Å². The van der Waals surface area contributed by atoms with Crippen LogP contribution in [-0.4, -0.2) is 43.5 Å². The zero-order valence-electron chi connectivity index (χ0n) is 16.2. The molecule has 2 aromatic carbocycles. The number of fused-ring (bicyclic) bond motifs is 1. The van der Waals surface area contributed by atoms with Crippen molar-refractivity contribution in [3.05, 3.63) is 54.1 Å². The lowest BCUT2D eigenvalue weighted by Gasteiger charge is -2.35. The van der Waals surface area contributed by atoms with Crippen molar-refractivity contribution in [2.75, 3.05) is 29.9 Å². The van der Waals surface area contributed by atoms with E-state index in [4.69, 9.17) is 10.5 Å². The molecule has 3 rings (SSSR count). The Hall–Kier alpha value is -3.55. The molecule has 0 aliphatic carbocycles. The number of hydrogen-bond donors (Lipinski definition) is 3. The van der Waals surface area contributed by atoms with Gasteiger partial charge in [-0.15, -0.1) is 0 Å². The van der Waals surface area contributed by atoms with Crippen LogP contribution >= 0.6 is 0 Å². The summed E-state index contributed by atoms with van der Waals surface area (Å²) < 4.78 is 5.83. The fraction of sp³-hybridized carbons (Fsp3) is 0.286. The summed E-state index contributed by atoms with van der Waals surface area (Å²) in [4.78, 5) is 37.9. The van der Waals surface area contributed by atoms with E-state index in [2.05, 4.69) is 10.6 Å². The lowest BCUT2D eigenvalue weighted by molar-refractivity contribution is -0.128. The highest BCUT2D eigenvalue weighted by atomic mass is 16.5. The van der Waals surface area contributed by atoms with Gasteiger partial charge in [0.15, 0.2) is 6.10 Å². The first-order chi connectivity index (χ1) is 14.0. The second-order valence-corrected chi connectivity index (χ2v) is 6.74. The number of carbonyl (C=O) groups is 3. The monoisotopic (exact) mass is 396 g/mol. The predicted octanol–water partition coefficient (Wildman–Crippen LogP) is 1.52. The smallest absolute Gasteiger partial charge is 0.262 e. The molecule has 3 amide bonds. The van der Waals surface area contributed by atoms with Gasteiger partial charge in [0.1, 0.15) is 5.75 Å². The maximum atomic E-state index is 12.6. The minimum Gasteiger partial charge on any atom is -0.477 e. The maximum Gasteiger partial charge on any atom is 0.262 e. The van der Waals surface area contributed by atoms with Crippen molar-refractivity contribution in [3.63, 3.8) is 0 Å². The van der Waals surface area contributed by atoms with Crippen molar-refractivity contribution >= 4 is 29.1 Å². The van der Waals surface area contributed by atoms with Gasteiger partial charge in [-0.05, 0) is 42.8 Å². The van der Waals surface area contributed by atoms with Gasteiger partial charge < -0.3 is 26.0 Å². The first-order valence-electron chi connectivity index (χ1n) is 9.46. The minimum absolute atomic E-state index is 0.0511. The molecule has 152 valence electrons. The number of para-hydroxylation sites is 2. The number of ether oxygens (including phenoxy) is 1. The molecule has 8 nitrogen and oxygen atoms in total. The SMILES string of the molecule is CCCNC(=O)[C@@H]1CN(CC(=O)Nc2ccc(C(N)=O)cc2)c2ccccc2O1. The third-order valence-electron chi connectivity index (χ3n) is 4.49. The highest BCUT2D eigenvalue weighted by Gasteiger charge is 2.31. The molecule has 29 heavy (non-hydrogen) atoms. The Morgan fingerprint density at radius 3 is 2.55 bits per heavy atom. The summed E-state index contributed by atoms with van der Waals surface area (Å²) in [6, 6.07) is 13.6. The molecular formula is C21H24N4O4. The summed E-state index contributed by atoms with van der Waals surface area (Å²) in [5.74, 6) is -0.413. The standard InChI is InChI=1S/C21H24N4O4/c1-2-11-23-21(28)18-12-25(16-5-3-4-6-17(16)29-18)13-19(26)24-15-9-7-14(8-10-15)20(22)27/h3-10,18H,2,11-13H2,1H3,(H2,22,27)(H,23,28)(H,24,26)/t18-/m0/s1. The number of anilines is 2. The van der Waals surface area contributed by atoms with E-state index >= 15 is 0 Å². The number of nitrogens with zero attached hydrogens (tertiary/aromatic N) is 1. The van der Waals surface area contributed by atoms with Gasteiger partial charge in [0.25, 0.3) is 5.91 Å². The number of hydrogen-bond acceptors (Lipinski definition) is 5. The van der Waals surface area contributed by atoms with Gasteiger partial charge in [-0.25, -0.2) is 0 Å². The van der Waals surface area contributed by atoms with Crippen LogP contribution < -0.4 is 26.0 Å². The Balaban J connectivity index is 1.69. The molecule has 1 aliphatic rings. The van der Waals surface area contributed by atoms with E-state index < -0.39 is 12.0 Å². The normalized spacial score (nSPS) is 15.1. The van der Waals surface area contributed by atoms with Crippen LogP contribution in [-0.2, 0) is 9.59 Å². The average Bonchev–Trinajstić information content (AvgIpc) is 2.72. The van der Waals surface area contributed by atoms with Crippen LogP contribution in [0.25, 0.3) is 0 Å². The summed E-state index contributed by atoms with van der Waals surface area (Å²) in [6.07, 6.45) is 0.134. The summed E-state index contributed by atoms with van der Waals surface area (Å²) in [7, 11) is 0. The molecule has 4 N–H and O–H groups in total. The van der Waals surface area contributed by atoms with Crippen molar-refractivity contribution in [3.8, 4) is 5.75 Å². The van der Waals surface area contributed by atoms with E-state index in [1.807, 2.05) is 30.0 Å². The third kappa shape index (κ3) is 5.04. The molecule has 0 aromatic heterocycles. The van der Waals surface area contributed by atoms with Gasteiger partial charge >= 0.3 is 0 Å². The Labute approximate surface area is 169 Å². The molecule has 0 fully saturated rings. The molecule has 0 saturated carbocycles. The summed E-state index contributed by atoms with van der Waals surface area (Å²) >= 11 is 0. The van der Waals surface area contributed by atoms with Crippen molar-refractivity contribution in [2.24, 2.45) is 5.73 Å². The molecule has 2 aromatic rings. The molecular weight excluding hydrogens is 372 g/mol. The lowest BCUT2D eigenvalue weighted by atomic mass is 10.1. The number of rotatable bonds is 7. The van der Waals surface area contributed by atoms with E-state index in [0.29, 0.717) is 23.5 Å². The van der Waals surface area contributed by atoms with E-state index in [-0.39, 0.29) is 24.9 Å². The van der Waals surface area contributed by atoms with Gasteiger partial charge in [-0.3, -0.25) is 14.4 Å². The van der Waals surface area contributed by atoms with Gasteiger partial charge in [0, 0.05) is 17.8 Å². The summed E-state index contributed by atoms with van der Waals surface area (Å²) in [5.41, 5.74) is 6.90. The van der Waals surface area contributed by atoms with Crippen LogP contribution in [0.4, 0.5) is 11.4 Å².